The highest BCUT2D eigenvalue weighted by Gasteiger charge is 2.19. The molecule has 0 unspecified atom stereocenters. The second-order valence-electron chi connectivity index (χ2n) is 9.20. The summed E-state index contributed by atoms with van der Waals surface area (Å²) in [5.41, 5.74) is 2.40. The molecule has 0 atom stereocenters. The summed E-state index contributed by atoms with van der Waals surface area (Å²) in [6.45, 7) is 8.12. The average Bonchev–Trinajstić information content (AvgIpc) is 3.22. The highest BCUT2D eigenvalue weighted by molar-refractivity contribution is 5.99. The summed E-state index contributed by atoms with van der Waals surface area (Å²) in [5, 5.41) is 23.7. The van der Waals surface area contributed by atoms with Crippen LogP contribution in [0.25, 0.3) is 10.9 Å². The number of azo groups is 1. The molecule has 3 aromatic rings. The topological polar surface area (TPSA) is 110 Å². The molecule has 210 valence electrons. The second kappa shape index (κ2) is 14.9. The molecule has 0 bridgehead atoms. The maximum absolute atomic E-state index is 12.4. The van der Waals surface area contributed by atoms with Crippen LogP contribution in [0.5, 0.6) is 17.4 Å². The number of para-hydroxylation sites is 1. The second-order valence-corrected chi connectivity index (χ2v) is 9.20. The Balaban J connectivity index is 1.72. The zero-order valence-corrected chi connectivity index (χ0v) is 23.5. The van der Waals surface area contributed by atoms with Gasteiger partial charge in [-0.3, -0.25) is 14.3 Å². The minimum Gasteiger partial charge on any atom is -0.493 e. The normalized spacial score (nSPS) is 12.0. The van der Waals surface area contributed by atoms with Gasteiger partial charge in [-0.2, -0.15) is 0 Å². The van der Waals surface area contributed by atoms with E-state index in [4.69, 9.17) is 14.3 Å². The predicted molar refractivity (Wildman–Crippen MR) is 152 cm³/mol. The first kappa shape index (κ1) is 29.6. The number of hydrogen-bond donors (Lipinski definition) is 1. The van der Waals surface area contributed by atoms with Crippen molar-refractivity contribution < 1.29 is 24.2 Å². The Morgan fingerprint density at radius 2 is 1.69 bits per heavy atom. The summed E-state index contributed by atoms with van der Waals surface area (Å²) in [6, 6.07) is 12.9. The maximum Gasteiger partial charge on any atom is 0.304 e. The smallest absolute Gasteiger partial charge is 0.304 e. The molecule has 10 nitrogen and oxygen atoms in total. The number of fused-ring (bicyclic) bond motifs is 1. The van der Waals surface area contributed by atoms with Gasteiger partial charge in [-0.25, -0.2) is 0 Å². The Morgan fingerprint density at radius 1 is 1.00 bits per heavy atom. The van der Waals surface area contributed by atoms with Crippen molar-refractivity contribution >= 4 is 28.2 Å². The van der Waals surface area contributed by atoms with Crippen molar-refractivity contribution in [2.75, 3.05) is 33.9 Å². The molecule has 39 heavy (non-hydrogen) atoms. The first-order valence-electron chi connectivity index (χ1n) is 13.3. The quantitative estimate of drug-likeness (QED) is 0.139. The number of ether oxygens (including phenoxy) is 2. The third-order valence-corrected chi connectivity index (χ3v) is 6.37. The van der Waals surface area contributed by atoms with E-state index >= 15 is 0 Å². The van der Waals surface area contributed by atoms with Gasteiger partial charge >= 0.3 is 5.91 Å². The molecular weight excluding hydrogens is 498 g/mol. The third-order valence-electron chi connectivity index (χ3n) is 6.37. The summed E-state index contributed by atoms with van der Waals surface area (Å²) in [7, 11) is 3.12. The molecule has 0 radical (unpaired) electrons. The maximum atomic E-state index is 12.4. The summed E-state index contributed by atoms with van der Waals surface area (Å²) < 4.78 is 12.4. The Kier molecular flexibility index (Phi) is 11.3. The summed E-state index contributed by atoms with van der Waals surface area (Å²) in [6.07, 6.45) is 4.36. The monoisotopic (exact) mass is 537 g/mol. The SMILES string of the molecule is CCCCN(CCCC)Cn1c(O)c(N=NC(=O)CON=C(C)c2ccc(OC)c(OC)c2)c2ccccc21. The number of carbonyl (C=O) groups excluding carboxylic acids is 1. The van der Waals surface area contributed by atoms with Gasteiger partial charge in [0.1, 0.15) is 0 Å². The molecule has 1 N–H and O–H groups in total. The summed E-state index contributed by atoms with van der Waals surface area (Å²) >= 11 is 0. The molecule has 1 amide bonds. The molecule has 1 aromatic heterocycles. The molecule has 0 saturated heterocycles. The van der Waals surface area contributed by atoms with Crippen LogP contribution in [-0.4, -0.2) is 60.1 Å². The Bertz CT molecular complexity index is 1290. The Labute approximate surface area is 229 Å². The number of oxime groups is 1. The molecule has 0 aliphatic carbocycles. The molecule has 3 rings (SSSR count). The van der Waals surface area contributed by atoms with Gasteiger partial charge in [0.05, 0.1) is 32.1 Å². The molecule has 2 aromatic carbocycles. The van der Waals surface area contributed by atoms with E-state index in [2.05, 4.69) is 34.1 Å². The first-order chi connectivity index (χ1) is 18.9. The van der Waals surface area contributed by atoms with E-state index in [0.717, 1.165) is 55.2 Å². The first-order valence-corrected chi connectivity index (χ1v) is 13.3. The molecule has 0 saturated carbocycles. The van der Waals surface area contributed by atoms with Crippen molar-refractivity contribution in [3.8, 4) is 17.4 Å². The number of methoxy groups -OCH3 is 2. The van der Waals surface area contributed by atoms with Gasteiger partial charge in [-0.05, 0) is 57.1 Å². The van der Waals surface area contributed by atoms with Crippen LogP contribution in [-0.2, 0) is 16.3 Å². The van der Waals surface area contributed by atoms with Crippen molar-refractivity contribution in [3.63, 3.8) is 0 Å². The fourth-order valence-corrected chi connectivity index (χ4v) is 4.16. The number of hydrogen-bond acceptors (Lipinski definition) is 8. The fraction of sp³-hybridized carbons (Fsp3) is 0.448. The number of carbonyl (C=O) groups is 1. The average molecular weight is 538 g/mol. The lowest BCUT2D eigenvalue weighted by atomic mass is 10.1. The minimum atomic E-state index is -0.623. The van der Waals surface area contributed by atoms with Crippen molar-refractivity contribution in [2.45, 2.75) is 53.1 Å². The molecule has 0 spiro atoms. The van der Waals surface area contributed by atoms with Gasteiger partial charge < -0.3 is 19.4 Å². The molecule has 0 fully saturated rings. The van der Waals surface area contributed by atoms with E-state index in [-0.39, 0.29) is 11.6 Å². The highest BCUT2D eigenvalue weighted by atomic mass is 16.6. The van der Waals surface area contributed by atoms with Crippen LogP contribution in [0.15, 0.2) is 57.8 Å². The molecule has 0 aliphatic heterocycles. The van der Waals surface area contributed by atoms with Crippen LogP contribution in [0.1, 0.15) is 52.0 Å². The lowest BCUT2D eigenvalue weighted by Crippen LogP contribution is -2.28. The van der Waals surface area contributed by atoms with Crippen LogP contribution in [0.3, 0.4) is 0 Å². The number of unbranched alkanes of at least 4 members (excludes halogenated alkanes) is 2. The fourth-order valence-electron chi connectivity index (χ4n) is 4.16. The zero-order chi connectivity index (χ0) is 28.2. The van der Waals surface area contributed by atoms with E-state index in [9.17, 15) is 9.90 Å². The van der Waals surface area contributed by atoms with E-state index in [1.54, 1.807) is 33.3 Å². The van der Waals surface area contributed by atoms with Gasteiger partial charge in [0, 0.05) is 10.9 Å². The predicted octanol–water partition coefficient (Wildman–Crippen LogP) is 6.27. The van der Waals surface area contributed by atoms with Crippen molar-refractivity contribution in [1.82, 2.24) is 9.47 Å². The number of rotatable bonds is 15. The van der Waals surface area contributed by atoms with Crippen molar-refractivity contribution in [2.24, 2.45) is 15.4 Å². The molecular formula is C29H39N5O5. The van der Waals surface area contributed by atoms with Crippen molar-refractivity contribution in [3.05, 3.63) is 48.0 Å². The lowest BCUT2D eigenvalue weighted by molar-refractivity contribution is -0.122. The summed E-state index contributed by atoms with van der Waals surface area (Å²) in [4.78, 5) is 19.9. The molecule has 10 heteroatoms. The van der Waals surface area contributed by atoms with Gasteiger partial charge in [0.25, 0.3) is 0 Å². The Morgan fingerprint density at radius 3 is 2.36 bits per heavy atom. The lowest BCUT2D eigenvalue weighted by Gasteiger charge is -2.23. The van der Waals surface area contributed by atoms with Gasteiger partial charge in [0.15, 0.2) is 23.8 Å². The van der Waals surface area contributed by atoms with E-state index in [0.29, 0.717) is 23.9 Å². The molecule has 1 heterocycles. The number of amides is 1. The largest absolute Gasteiger partial charge is 0.493 e. The number of nitrogens with zero attached hydrogens (tertiary/aromatic N) is 5. The van der Waals surface area contributed by atoms with Crippen LogP contribution in [0.4, 0.5) is 5.69 Å². The minimum absolute atomic E-state index is 0.0195. The van der Waals surface area contributed by atoms with E-state index in [1.165, 1.54) is 0 Å². The molecule has 0 aliphatic rings. The van der Waals surface area contributed by atoms with Gasteiger partial charge in [-0.1, -0.05) is 50.0 Å². The van der Waals surface area contributed by atoms with Crippen molar-refractivity contribution in [1.29, 1.82) is 0 Å². The third kappa shape index (κ3) is 7.79. The highest BCUT2D eigenvalue weighted by Crippen LogP contribution is 2.39. The van der Waals surface area contributed by atoms with Gasteiger partial charge in [-0.15, -0.1) is 10.2 Å². The van der Waals surface area contributed by atoms with Crippen LogP contribution in [0.2, 0.25) is 0 Å². The standard InChI is InChI=1S/C29H39N5O5/c1-6-8-16-33(17-9-7-2)20-34-24-13-11-10-12-23(24)28(29(34)36)31-30-27(35)19-39-32-21(3)22-14-15-25(37-4)26(18-22)38-5/h10-15,18,36H,6-9,16-17,19-20H2,1-5H3. The number of aromatic nitrogens is 1. The van der Waals surface area contributed by atoms with Gasteiger partial charge in [0.2, 0.25) is 5.88 Å². The van der Waals surface area contributed by atoms with E-state index in [1.807, 2.05) is 34.9 Å². The number of aromatic hydroxyl groups is 1. The van der Waals surface area contributed by atoms with Crippen LogP contribution < -0.4 is 9.47 Å². The van der Waals surface area contributed by atoms with Crippen LogP contribution >= 0.6 is 0 Å². The van der Waals surface area contributed by atoms with E-state index < -0.39 is 12.5 Å². The number of benzene rings is 2. The summed E-state index contributed by atoms with van der Waals surface area (Å²) in [5.74, 6) is 0.522. The van der Waals surface area contributed by atoms with Crippen LogP contribution in [0, 0.1) is 0 Å². The Hall–Kier alpha value is -3.92. The zero-order valence-electron chi connectivity index (χ0n) is 23.5.